The molecule has 1 unspecified atom stereocenters. The van der Waals surface area contributed by atoms with Crippen molar-refractivity contribution in [2.45, 2.75) is 19.9 Å². The van der Waals surface area contributed by atoms with Gasteiger partial charge in [-0.15, -0.1) is 0 Å². The van der Waals surface area contributed by atoms with Crippen LogP contribution in [0.3, 0.4) is 0 Å². The first kappa shape index (κ1) is 19.6. The van der Waals surface area contributed by atoms with Crippen molar-refractivity contribution >= 4 is 27.8 Å². The first-order valence-electron chi connectivity index (χ1n) is 7.86. The van der Waals surface area contributed by atoms with E-state index in [9.17, 15) is 4.39 Å². The summed E-state index contributed by atoms with van der Waals surface area (Å²) < 4.78 is 16.3. The molecular weight excluding hydrogens is 399 g/mol. The predicted molar refractivity (Wildman–Crippen MR) is 102 cm³/mol. The normalized spacial score (nSPS) is 11.2. The van der Waals surface area contributed by atoms with Gasteiger partial charge in [0.2, 0.25) is 0 Å². The van der Waals surface area contributed by atoms with Crippen LogP contribution in [0.4, 0.5) is 10.1 Å². The lowest BCUT2D eigenvalue weighted by atomic mass is 10.1. The summed E-state index contributed by atoms with van der Waals surface area (Å²) in [7, 11) is 0. The van der Waals surface area contributed by atoms with E-state index in [-0.39, 0.29) is 18.0 Å². The van der Waals surface area contributed by atoms with Gasteiger partial charge in [0.15, 0.2) is 0 Å². The number of hydrogen-bond donors (Lipinski definition) is 1. The summed E-state index contributed by atoms with van der Waals surface area (Å²) in [6.07, 6.45) is 2.34. The van der Waals surface area contributed by atoms with Gasteiger partial charge < -0.3 is 10.3 Å². The molecule has 26 heavy (non-hydrogen) atoms. The van der Waals surface area contributed by atoms with Crippen LogP contribution in [0, 0.1) is 12.7 Å². The first-order chi connectivity index (χ1) is 12.4. The Morgan fingerprint density at radius 3 is 2.31 bits per heavy atom. The molecule has 2 N–H and O–H groups in total. The molecule has 1 aromatic heterocycles. The molecule has 0 radical (unpaired) electrons. The largest absolute Gasteiger partial charge is 0.398 e. The average molecular weight is 417 g/mol. The Bertz CT molecular complexity index is 929. The van der Waals surface area contributed by atoms with Crippen molar-refractivity contribution in [3.63, 3.8) is 0 Å². The predicted octanol–water partition coefficient (Wildman–Crippen LogP) is 4.97. The Labute approximate surface area is 159 Å². The zero-order chi connectivity index (χ0) is 19.3. The minimum atomic E-state index is -0.222. The van der Waals surface area contributed by atoms with E-state index >= 15 is 0 Å². The number of anilines is 1. The van der Waals surface area contributed by atoms with Crippen LogP contribution in [0.2, 0.25) is 0 Å². The van der Waals surface area contributed by atoms with Gasteiger partial charge in [0.25, 0.3) is 0 Å². The van der Waals surface area contributed by atoms with Crippen molar-refractivity contribution in [1.82, 2.24) is 4.57 Å². The molecule has 0 saturated heterocycles. The van der Waals surface area contributed by atoms with Gasteiger partial charge in [0.05, 0.1) is 6.04 Å². The second kappa shape index (κ2) is 8.61. The molecule has 1 heterocycles. The maximum atomic E-state index is 13.1. The van der Waals surface area contributed by atoms with Gasteiger partial charge in [0, 0.05) is 22.1 Å². The zero-order valence-corrected chi connectivity index (χ0v) is 16.0. The van der Waals surface area contributed by atoms with E-state index in [4.69, 9.17) is 15.3 Å². The maximum absolute atomic E-state index is 13.1. The highest BCUT2D eigenvalue weighted by atomic mass is 79.9. The van der Waals surface area contributed by atoms with Crippen molar-refractivity contribution in [2.75, 3.05) is 5.73 Å². The SMILES string of the molecule is Cc1cc(-c2ccc(F)cc2)cn1C(C)c1cc(Br)ccc1N.O=C=O. The molecule has 0 bridgehead atoms. The van der Waals surface area contributed by atoms with E-state index in [1.807, 2.05) is 12.1 Å². The molecule has 4 nitrogen and oxygen atoms in total. The van der Waals surface area contributed by atoms with E-state index < -0.39 is 0 Å². The van der Waals surface area contributed by atoms with Crippen LogP contribution in [-0.2, 0) is 9.59 Å². The molecule has 6 heteroatoms. The van der Waals surface area contributed by atoms with Crippen molar-refractivity contribution < 1.29 is 14.0 Å². The van der Waals surface area contributed by atoms with Crippen molar-refractivity contribution in [1.29, 1.82) is 0 Å². The average Bonchev–Trinajstić information content (AvgIpc) is 2.99. The molecule has 0 fully saturated rings. The molecule has 0 aliphatic carbocycles. The highest BCUT2D eigenvalue weighted by Crippen LogP contribution is 2.31. The lowest BCUT2D eigenvalue weighted by Crippen LogP contribution is -2.09. The number of aryl methyl sites for hydroxylation is 1. The molecule has 0 aliphatic rings. The Morgan fingerprint density at radius 2 is 1.69 bits per heavy atom. The quantitative estimate of drug-likeness (QED) is 0.612. The molecule has 0 aliphatic heterocycles. The fourth-order valence-corrected chi connectivity index (χ4v) is 3.24. The van der Waals surface area contributed by atoms with E-state index in [0.717, 1.165) is 32.5 Å². The number of carbonyl (C=O) groups excluding carboxylic acids is 2. The third-order valence-electron chi connectivity index (χ3n) is 4.14. The van der Waals surface area contributed by atoms with Crippen molar-refractivity contribution in [3.05, 3.63) is 76.3 Å². The zero-order valence-electron chi connectivity index (χ0n) is 14.4. The number of halogens is 2. The minimum absolute atomic E-state index is 0.113. The summed E-state index contributed by atoms with van der Waals surface area (Å²) in [5.74, 6) is -0.222. The Morgan fingerprint density at radius 1 is 1.08 bits per heavy atom. The molecule has 0 spiro atoms. The van der Waals surface area contributed by atoms with Gasteiger partial charge in [-0.1, -0.05) is 28.1 Å². The van der Waals surface area contributed by atoms with Gasteiger partial charge in [-0.05, 0) is 66.9 Å². The van der Waals surface area contributed by atoms with Crippen LogP contribution < -0.4 is 5.73 Å². The summed E-state index contributed by atoms with van der Waals surface area (Å²) in [6.45, 7) is 4.19. The second-order valence-electron chi connectivity index (χ2n) is 5.82. The summed E-state index contributed by atoms with van der Waals surface area (Å²) in [4.78, 5) is 16.2. The highest BCUT2D eigenvalue weighted by Gasteiger charge is 2.15. The van der Waals surface area contributed by atoms with E-state index in [2.05, 4.69) is 52.7 Å². The van der Waals surface area contributed by atoms with Gasteiger partial charge in [-0.2, -0.15) is 9.59 Å². The van der Waals surface area contributed by atoms with Crippen LogP contribution in [0.1, 0.15) is 24.2 Å². The van der Waals surface area contributed by atoms with E-state index in [1.54, 1.807) is 12.1 Å². The third-order valence-corrected chi connectivity index (χ3v) is 4.64. The fourth-order valence-electron chi connectivity index (χ4n) is 2.86. The number of nitrogens with two attached hydrogens (primary N) is 1. The molecule has 0 saturated carbocycles. The molecular formula is C20H18BrFN2O2. The molecule has 3 aromatic rings. The first-order valence-corrected chi connectivity index (χ1v) is 8.65. The highest BCUT2D eigenvalue weighted by molar-refractivity contribution is 9.10. The number of benzene rings is 2. The number of nitrogens with zero attached hydrogens (tertiary/aromatic N) is 1. The standard InChI is InChI=1S/C19H18BrFN2.CO2/c1-12-9-15(14-3-6-17(21)7-4-14)11-23(12)13(2)18-10-16(20)5-8-19(18)22;2-1-3/h3-11,13H,22H2,1-2H3;. The lowest BCUT2D eigenvalue weighted by Gasteiger charge is -2.18. The lowest BCUT2D eigenvalue weighted by molar-refractivity contribution is -0.191. The fraction of sp³-hybridized carbons (Fsp3) is 0.150. The second-order valence-corrected chi connectivity index (χ2v) is 6.73. The maximum Gasteiger partial charge on any atom is 0.373 e. The Hall–Kier alpha value is -2.69. The molecule has 134 valence electrons. The monoisotopic (exact) mass is 416 g/mol. The molecule has 0 amide bonds. The number of hydrogen-bond acceptors (Lipinski definition) is 3. The number of nitrogen functional groups attached to an aromatic ring is 1. The Kier molecular flexibility index (Phi) is 6.50. The van der Waals surface area contributed by atoms with Crippen LogP contribution in [0.25, 0.3) is 11.1 Å². The number of aromatic nitrogens is 1. The summed E-state index contributed by atoms with van der Waals surface area (Å²) >= 11 is 3.50. The van der Waals surface area contributed by atoms with Crippen LogP contribution >= 0.6 is 15.9 Å². The van der Waals surface area contributed by atoms with Gasteiger partial charge >= 0.3 is 6.15 Å². The van der Waals surface area contributed by atoms with Crippen LogP contribution in [0.5, 0.6) is 0 Å². The Balaban J connectivity index is 0.000000758. The topological polar surface area (TPSA) is 65.1 Å². The molecule has 3 rings (SSSR count). The molecule has 1 atom stereocenters. The third kappa shape index (κ3) is 4.48. The van der Waals surface area contributed by atoms with Gasteiger partial charge in [-0.3, -0.25) is 0 Å². The van der Waals surface area contributed by atoms with Crippen LogP contribution in [0.15, 0.2) is 59.2 Å². The summed E-state index contributed by atoms with van der Waals surface area (Å²) in [5, 5.41) is 0. The number of rotatable bonds is 3. The summed E-state index contributed by atoms with van der Waals surface area (Å²) in [5.41, 5.74) is 11.2. The van der Waals surface area contributed by atoms with Crippen molar-refractivity contribution in [3.8, 4) is 11.1 Å². The smallest absolute Gasteiger partial charge is 0.373 e. The molecule has 2 aromatic carbocycles. The van der Waals surface area contributed by atoms with E-state index in [1.165, 1.54) is 12.1 Å². The van der Waals surface area contributed by atoms with Crippen molar-refractivity contribution in [2.24, 2.45) is 0 Å². The van der Waals surface area contributed by atoms with E-state index in [0.29, 0.717) is 0 Å². The van der Waals surface area contributed by atoms with Crippen LogP contribution in [-0.4, -0.2) is 10.7 Å². The summed E-state index contributed by atoms with van der Waals surface area (Å²) in [6, 6.07) is 14.7. The minimum Gasteiger partial charge on any atom is -0.398 e. The van der Waals surface area contributed by atoms with Gasteiger partial charge in [-0.25, -0.2) is 4.39 Å². The van der Waals surface area contributed by atoms with Gasteiger partial charge in [0.1, 0.15) is 5.82 Å².